The summed E-state index contributed by atoms with van der Waals surface area (Å²) in [5, 5.41) is 5.98. The zero-order valence-electron chi connectivity index (χ0n) is 11.0. The van der Waals surface area contributed by atoms with Gasteiger partial charge in [-0.2, -0.15) is 5.10 Å². The Morgan fingerprint density at radius 2 is 1.90 bits per heavy atom. The highest BCUT2D eigenvalue weighted by Crippen LogP contribution is 2.20. The molecule has 3 aromatic rings. The molecule has 1 N–H and O–H groups in total. The Balaban J connectivity index is 0.00000161. The third-order valence-electron chi connectivity index (χ3n) is 2.90. The number of halogens is 2. The normalized spacial score (nSPS) is 10.5. The van der Waals surface area contributed by atoms with Crippen LogP contribution in [0.4, 0.5) is 5.69 Å². The monoisotopic (exact) mass is 317 g/mol. The fourth-order valence-corrected chi connectivity index (χ4v) is 2.16. The first-order chi connectivity index (χ1) is 9.83. The van der Waals surface area contributed by atoms with E-state index in [1.54, 1.807) is 12.4 Å². The summed E-state index contributed by atoms with van der Waals surface area (Å²) in [6.45, 7) is 0. The van der Waals surface area contributed by atoms with Gasteiger partial charge in [0.15, 0.2) is 0 Å². The molecule has 0 aliphatic heterocycles. The van der Waals surface area contributed by atoms with Crippen molar-refractivity contribution in [2.24, 2.45) is 5.10 Å². The summed E-state index contributed by atoms with van der Waals surface area (Å²) in [4.78, 5) is 4.31. The van der Waals surface area contributed by atoms with Gasteiger partial charge >= 0.3 is 0 Å². The molecule has 0 amide bonds. The number of hydrazone groups is 1. The lowest BCUT2D eigenvalue weighted by atomic mass is 10.2. The minimum Gasteiger partial charge on any atom is -0.278 e. The molecule has 2 aromatic carbocycles. The largest absolute Gasteiger partial charge is 0.278 e. The summed E-state index contributed by atoms with van der Waals surface area (Å²) in [7, 11) is 0. The molecule has 0 atom stereocenters. The first-order valence-electron chi connectivity index (χ1n) is 6.21. The van der Waals surface area contributed by atoms with Crippen molar-refractivity contribution < 1.29 is 0 Å². The summed E-state index contributed by atoms with van der Waals surface area (Å²) >= 11 is 5.93. The molecule has 0 unspecified atom stereocenters. The minimum atomic E-state index is 0. The first kappa shape index (κ1) is 15.3. The second kappa shape index (κ2) is 7.07. The maximum Gasteiger partial charge on any atom is 0.0723 e. The molecular formula is C16H13Cl2N3. The van der Waals surface area contributed by atoms with Crippen LogP contribution in [-0.2, 0) is 0 Å². The van der Waals surface area contributed by atoms with Gasteiger partial charge in [0.1, 0.15) is 0 Å². The van der Waals surface area contributed by atoms with Gasteiger partial charge in [-0.3, -0.25) is 10.4 Å². The molecule has 3 nitrogen and oxygen atoms in total. The molecule has 0 bridgehead atoms. The van der Waals surface area contributed by atoms with Crippen molar-refractivity contribution in [3.8, 4) is 0 Å². The summed E-state index contributed by atoms with van der Waals surface area (Å²) < 4.78 is 0. The summed E-state index contributed by atoms with van der Waals surface area (Å²) in [5.41, 5.74) is 5.85. The van der Waals surface area contributed by atoms with E-state index in [0.717, 1.165) is 22.2 Å². The number of hydrogen-bond donors (Lipinski definition) is 1. The van der Waals surface area contributed by atoms with Gasteiger partial charge in [0, 0.05) is 16.6 Å². The molecule has 1 aromatic heterocycles. The van der Waals surface area contributed by atoms with Gasteiger partial charge in [0.2, 0.25) is 0 Å². The second-order valence-electron chi connectivity index (χ2n) is 4.30. The molecule has 0 fully saturated rings. The lowest BCUT2D eigenvalue weighted by molar-refractivity contribution is 1.33. The van der Waals surface area contributed by atoms with E-state index >= 15 is 0 Å². The van der Waals surface area contributed by atoms with E-state index in [1.807, 2.05) is 54.6 Å². The van der Waals surface area contributed by atoms with Crippen molar-refractivity contribution in [2.45, 2.75) is 0 Å². The zero-order valence-corrected chi connectivity index (χ0v) is 12.6. The first-order valence-corrected chi connectivity index (χ1v) is 6.59. The highest BCUT2D eigenvalue weighted by molar-refractivity contribution is 6.30. The quantitative estimate of drug-likeness (QED) is 0.558. The third-order valence-corrected chi connectivity index (χ3v) is 3.13. The van der Waals surface area contributed by atoms with Crippen LogP contribution in [0.3, 0.4) is 0 Å². The number of fused-ring (bicyclic) bond motifs is 1. The van der Waals surface area contributed by atoms with E-state index in [0.29, 0.717) is 5.02 Å². The Kier molecular flexibility index (Phi) is 5.14. The van der Waals surface area contributed by atoms with Crippen LogP contribution in [0.15, 0.2) is 65.9 Å². The summed E-state index contributed by atoms with van der Waals surface area (Å²) in [6.07, 6.45) is 3.50. The van der Waals surface area contributed by atoms with Gasteiger partial charge in [-0.25, -0.2) is 0 Å². The van der Waals surface area contributed by atoms with Crippen LogP contribution in [0.1, 0.15) is 5.56 Å². The number of para-hydroxylation sites is 1. The molecule has 0 saturated carbocycles. The molecule has 0 saturated heterocycles. The molecule has 0 aliphatic rings. The number of aromatic nitrogens is 1. The molecule has 5 heteroatoms. The topological polar surface area (TPSA) is 37.3 Å². The second-order valence-corrected chi connectivity index (χ2v) is 4.74. The molecule has 0 spiro atoms. The van der Waals surface area contributed by atoms with Crippen molar-refractivity contribution in [1.82, 2.24) is 4.98 Å². The predicted molar refractivity (Wildman–Crippen MR) is 91.7 cm³/mol. The number of anilines is 1. The molecule has 106 valence electrons. The average molecular weight is 318 g/mol. The van der Waals surface area contributed by atoms with Crippen molar-refractivity contribution in [3.05, 3.63) is 71.4 Å². The van der Waals surface area contributed by atoms with Gasteiger partial charge in [-0.05, 0) is 29.8 Å². The van der Waals surface area contributed by atoms with Crippen LogP contribution in [0.25, 0.3) is 10.9 Å². The van der Waals surface area contributed by atoms with Crippen LogP contribution in [0.5, 0.6) is 0 Å². The van der Waals surface area contributed by atoms with Crippen LogP contribution in [0, 0.1) is 0 Å². The molecule has 3 rings (SSSR count). The van der Waals surface area contributed by atoms with Gasteiger partial charge < -0.3 is 0 Å². The van der Waals surface area contributed by atoms with Crippen LogP contribution < -0.4 is 5.43 Å². The molecule has 1 heterocycles. The molecular weight excluding hydrogens is 305 g/mol. The Morgan fingerprint density at radius 1 is 1.05 bits per heavy atom. The molecule has 0 radical (unpaired) electrons. The number of rotatable bonds is 3. The van der Waals surface area contributed by atoms with Crippen LogP contribution >= 0.6 is 24.0 Å². The SMILES string of the molecule is Cl.Clc1cccc(C=NNc2ccnc3ccccc23)c1. The Morgan fingerprint density at radius 3 is 2.76 bits per heavy atom. The summed E-state index contributed by atoms with van der Waals surface area (Å²) in [5.74, 6) is 0. The number of nitrogens with zero attached hydrogens (tertiary/aromatic N) is 2. The van der Waals surface area contributed by atoms with Gasteiger partial charge in [0.25, 0.3) is 0 Å². The zero-order chi connectivity index (χ0) is 13.8. The van der Waals surface area contributed by atoms with E-state index in [9.17, 15) is 0 Å². The van der Waals surface area contributed by atoms with Crippen molar-refractivity contribution in [2.75, 3.05) is 5.43 Å². The number of nitrogens with one attached hydrogen (secondary N) is 1. The van der Waals surface area contributed by atoms with Crippen LogP contribution in [0.2, 0.25) is 5.02 Å². The highest BCUT2D eigenvalue weighted by Gasteiger charge is 1.99. The fourth-order valence-electron chi connectivity index (χ4n) is 1.96. The molecule has 0 aliphatic carbocycles. The smallest absolute Gasteiger partial charge is 0.0723 e. The van der Waals surface area contributed by atoms with Crippen molar-refractivity contribution in [3.63, 3.8) is 0 Å². The Labute approximate surface area is 134 Å². The maximum absolute atomic E-state index is 5.93. The lowest BCUT2D eigenvalue weighted by Gasteiger charge is -2.04. The fraction of sp³-hybridized carbons (Fsp3) is 0. The number of benzene rings is 2. The van der Waals surface area contributed by atoms with E-state index in [4.69, 9.17) is 11.6 Å². The predicted octanol–water partition coefficient (Wildman–Crippen LogP) is 4.76. The van der Waals surface area contributed by atoms with E-state index < -0.39 is 0 Å². The maximum atomic E-state index is 5.93. The van der Waals surface area contributed by atoms with Gasteiger partial charge in [-0.15, -0.1) is 12.4 Å². The lowest BCUT2D eigenvalue weighted by Crippen LogP contribution is -1.92. The molecule has 21 heavy (non-hydrogen) atoms. The number of pyridine rings is 1. The summed E-state index contributed by atoms with van der Waals surface area (Å²) in [6, 6.07) is 17.4. The average Bonchev–Trinajstić information content (AvgIpc) is 2.48. The van der Waals surface area contributed by atoms with Gasteiger partial charge in [-0.1, -0.05) is 41.9 Å². The standard InChI is InChI=1S/C16H12ClN3.ClH/c17-13-5-3-4-12(10-13)11-19-20-16-8-9-18-15-7-2-1-6-14(15)16;/h1-11H,(H,18,20);1H. The Bertz CT molecular complexity index is 767. The Hall–Kier alpha value is -2.10. The van der Waals surface area contributed by atoms with E-state index in [-0.39, 0.29) is 12.4 Å². The van der Waals surface area contributed by atoms with Crippen molar-refractivity contribution >= 4 is 46.8 Å². The highest BCUT2D eigenvalue weighted by atomic mass is 35.5. The minimum absolute atomic E-state index is 0. The van der Waals surface area contributed by atoms with E-state index in [2.05, 4.69) is 15.5 Å². The van der Waals surface area contributed by atoms with Crippen LogP contribution in [-0.4, -0.2) is 11.2 Å². The third kappa shape index (κ3) is 3.72. The van der Waals surface area contributed by atoms with Gasteiger partial charge in [0.05, 0.1) is 17.4 Å². The van der Waals surface area contributed by atoms with Crippen molar-refractivity contribution in [1.29, 1.82) is 0 Å². The number of hydrogen-bond acceptors (Lipinski definition) is 3. The van der Waals surface area contributed by atoms with E-state index in [1.165, 1.54) is 0 Å².